The third kappa shape index (κ3) is 2.82. The molecule has 0 aliphatic carbocycles. The van der Waals surface area contributed by atoms with Crippen molar-refractivity contribution >= 4 is 22.8 Å². The highest BCUT2D eigenvalue weighted by Crippen LogP contribution is 2.02. The van der Waals surface area contributed by atoms with Crippen LogP contribution >= 0.6 is 11.6 Å². The third-order valence-electron chi connectivity index (χ3n) is 0.981. The summed E-state index contributed by atoms with van der Waals surface area (Å²) in [5.74, 6) is -1.41. The predicted molar refractivity (Wildman–Crippen MR) is 36.7 cm³/mol. The number of halogens is 1. The Morgan fingerprint density at radius 3 is 2.40 bits per heavy atom. The Morgan fingerprint density at radius 1 is 1.60 bits per heavy atom. The zero-order chi connectivity index (χ0) is 8.15. The number of hydrogen-bond acceptors (Lipinski definition) is 3. The molecule has 0 aromatic rings. The predicted octanol–water partition coefficient (Wildman–Crippen LogP) is 0.951. The zero-order valence-corrected chi connectivity index (χ0v) is 6.64. The molecule has 0 saturated heterocycles. The largest absolute Gasteiger partial charge is 0.465 e. The van der Waals surface area contributed by atoms with Crippen LogP contribution in [-0.4, -0.2) is 17.8 Å². The minimum atomic E-state index is -0.846. The minimum absolute atomic E-state index is 0.271. The van der Waals surface area contributed by atoms with Crippen molar-refractivity contribution in [3.05, 3.63) is 0 Å². The summed E-state index contributed by atoms with van der Waals surface area (Å²) in [7, 11) is 0. The van der Waals surface area contributed by atoms with Crippen LogP contribution in [-0.2, 0) is 14.3 Å². The standard InChI is InChI=1S/C6H9ClO3/c1-3-10-6(9)4(2)5(7)8/h4H,3H2,1-2H3/t4-/m1/s1. The lowest BCUT2D eigenvalue weighted by Crippen LogP contribution is -2.19. The molecule has 0 rings (SSSR count). The lowest BCUT2D eigenvalue weighted by Gasteiger charge is -2.03. The quantitative estimate of drug-likeness (QED) is 0.354. The first kappa shape index (κ1) is 9.43. The first-order valence-corrected chi connectivity index (χ1v) is 3.33. The number of ether oxygens (including phenoxy) is 1. The van der Waals surface area contributed by atoms with E-state index in [-0.39, 0.29) is 6.61 Å². The number of rotatable bonds is 3. The SMILES string of the molecule is CCOC(=O)[C@H](C)C(=O)Cl. The van der Waals surface area contributed by atoms with Crippen molar-refractivity contribution in [2.45, 2.75) is 13.8 Å². The van der Waals surface area contributed by atoms with Gasteiger partial charge < -0.3 is 4.74 Å². The highest BCUT2D eigenvalue weighted by atomic mass is 35.5. The minimum Gasteiger partial charge on any atom is -0.465 e. The summed E-state index contributed by atoms with van der Waals surface area (Å²) in [5, 5.41) is -0.682. The average Bonchev–Trinajstić information content (AvgIpc) is 1.87. The van der Waals surface area contributed by atoms with Crippen LogP contribution < -0.4 is 0 Å². The van der Waals surface area contributed by atoms with Gasteiger partial charge in [0.05, 0.1) is 6.61 Å². The Morgan fingerprint density at radius 2 is 2.10 bits per heavy atom. The summed E-state index contributed by atoms with van der Waals surface area (Å²) in [6.45, 7) is 3.35. The van der Waals surface area contributed by atoms with Crippen LogP contribution in [0.3, 0.4) is 0 Å². The summed E-state index contributed by atoms with van der Waals surface area (Å²) >= 11 is 5.02. The zero-order valence-electron chi connectivity index (χ0n) is 5.89. The van der Waals surface area contributed by atoms with Crippen LogP contribution in [0.4, 0.5) is 0 Å². The van der Waals surface area contributed by atoms with E-state index < -0.39 is 17.1 Å². The summed E-state index contributed by atoms with van der Waals surface area (Å²) in [4.78, 5) is 21.0. The number of hydrogen-bond donors (Lipinski definition) is 0. The van der Waals surface area contributed by atoms with E-state index in [1.54, 1.807) is 6.92 Å². The molecule has 0 spiro atoms. The summed E-state index contributed by atoms with van der Waals surface area (Å²) in [5.41, 5.74) is 0. The van der Waals surface area contributed by atoms with Crippen molar-refractivity contribution in [2.24, 2.45) is 5.92 Å². The first-order valence-electron chi connectivity index (χ1n) is 2.95. The molecule has 0 amide bonds. The van der Waals surface area contributed by atoms with Gasteiger partial charge in [-0.15, -0.1) is 0 Å². The molecule has 0 N–H and O–H groups in total. The molecule has 0 fully saturated rings. The maximum atomic E-state index is 10.7. The Labute approximate surface area is 64.3 Å². The van der Waals surface area contributed by atoms with Gasteiger partial charge in [-0.25, -0.2) is 0 Å². The fraction of sp³-hybridized carbons (Fsp3) is 0.667. The molecule has 0 bridgehead atoms. The topological polar surface area (TPSA) is 43.4 Å². The molecular weight excluding hydrogens is 156 g/mol. The molecule has 10 heavy (non-hydrogen) atoms. The number of carbonyl (C=O) groups is 2. The Bertz CT molecular complexity index is 144. The van der Waals surface area contributed by atoms with Gasteiger partial charge in [0, 0.05) is 0 Å². The molecule has 0 radical (unpaired) electrons. The van der Waals surface area contributed by atoms with Crippen molar-refractivity contribution in [1.82, 2.24) is 0 Å². The Balaban J connectivity index is 3.82. The van der Waals surface area contributed by atoms with Crippen molar-refractivity contribution in [3.8, 4) is 0 Å². The first-order chi connectivity index (χ1) is 4.59. The fourth-order valence-electron chi connectivity index (χ4n) is 0.360. The maximum absolute atomic E-state index is 10.7. The molecule has 1 atom stereocenters. The van der Waals surface area contributed by atoms with Crippen LogP contribution in [0.2, 0.25) is 0 Å². The summed E-state index contributed by atoms with van der Waals surface area (Å²) in [6.07, 6.45) is 0. The highest BCUT2D eigenvalue weighted by molar-refractivity contribution is 6.65. The van der Waals surface area contributed by atoms with Crippen molar-refractivity contribution in [1.29, 1.82) is 0 Å². The molecule has 0 saturated carbocycles. The van der Waals surface area contributed by atoms with E-state index in [2.05, 4.69) is 4.74 Å². The van der Waals surface area contributed by atoms with E-state index in [1.807, 2.05) is 0 Å². The molecule has 0 heterocycles. The van der Waals surface area contributed by atoms with Crippen molar-refractivity contribution in [2.75, 3.05) is 6.61 Å². The molecule has 0 unspecified atom stereocenters. The number of esters is 1. The monoisotopic (exact) mass is 164 g/mol. The van der Waals surface area contributed by atoms with E-state index in [0.717, 1.165) is 0 Å². The molecular formula is C6H9ClO3. The van der Waals surface area contributed by atoms with Crippen LogP contribution in [0.25, 0.3) is 0 Å². The molecule has 58 valence electrons. The van der Waals surface area contributed by atoms with E-state index in [9.17, 15) is 9.59 Å². The van der Waals surface area contributed by atoms with Crippen LogP contribution in [0.15, 0.2) is 0 Å². The number of carbonyl (C=O) groups excluding carboxylic acids is 2. The summed E-state index contributed by atoms with van der Waals surface area (Å²) in [6, 6.07) is 0. The van der Waals surface area contributed by atoms with Gasteiger partial charge in [0.1, 0.15) is 5.92 Å². The molecule has 0 aromatic carbocycles. The van der Waals surface area contributed by atoms with Gasteiger partial charge in [-0.05, 0) is 25.4 Å². The second-order valence-corrected chi connectivity index (χ2v) is 2.15. The van der Waals surface area contributed by atoms with Crippen LogP contribution in [0.1, 0.15) is 13.8 Å². The van der Waals surface area contributed by atoms with E-state index in [1.165, 1.54) is 6.92 Å². The molecule has 0 aliphatic heterocycles. The van der Waals surface area contributed by atoms with E-state index >= 15 is 0 Å². The second-order valence-electron chi connectivity index (χ2n) is 1.78. The Kier molecular flexibility index (Phi) is 4.03. The normalized spacial score (nSPS) is 12.3. The van der Waals surface area contributed by atoms with E-state index in [0.29, 0.717) is 0 Å². The smallest absolute Gasteiger partial charge is 0.317 e. The van der Waals surface area contributed by atoms with E-state index in [4.69, 9.17) is 11.6 Å². The third-order valence-corrected chi connectivity index (χ3v) is 1.31. The fourth-order valence-corrected chi connectivity index (χ4v) is 0.449. The summed E-state index contributed by atoms with van der Waals surface area (Å²) < 4.78 is 4.52. The van der Waals surface area contributed by atoms with Gasteiger partial charge in [-0.2, -0.15) is 0 Å². The Hall–Kier alpha value is -0.570. The van der Waals surface area contributed by atoms with Gasteiger partial charge >= 0.3 is 5.97 Å². The molecule has 4 heteroatoms. The van der Waals surface area contributed by atoms with Gasteiger partial charge in [0.25, 0.3) is 0 Å². The van der Waals surface area contributed by atoms with Crippen LogP contribution in [0, 0.1) is 5.92 Å². The lowest BCUT2D eigenvalue weighted by atomic mass is 10.2. The molecule has 0 aliphatic rings. The highest BCUT2D eigenvalue weighted by Gasteiger charge is 2.19. The van der Waals surface area contributed by atoms with Crippen molar-refractivity contribution < 1.29 is 14.3 Å². The van der Waals surface area contributed by atoms with Gasteiger partial charge in [0.2, 0.25) is 5.24 Å². The maximum Gasteiger partial charge on any atom is 0.317 e. The van der Waals surface area contributed by atoms with Crippen LogP contribution in [0.5, 0.6) is 0 Å². The molecule has 0 aromatic heterocycles. The molecule has 3 nitrogen and oxygen atoms in total. The average molecular weight is 165 g/mol. The van der Waals surface area contributed by atoms with Gasteiger partial charge in [0.15, 0.2) is 0 Å². The second kappa shape index (κ2) is 4.28. The lowest BCUT2D eigenvalue weighted by molar-refractivity contribution is -0.149. The van der Waals surface area contributed by atoms with Gasteiger partial charge in [-0.3, -0.25) is 9.59 Å². The van der Waals surface area contributed by atoms with Gasteiger partial charge in [-0.1, -0.05) is 0 Å². The van der Waals surface area contributed by atoms with Crippen molar-refractivity contribution in [3.63, 3.8) is 0 Å².